The van der Waals surface area contributed by atoms with Crippen LogP contribution < -0.4 is 5.73 Å². The van der Waals surface area contributed by atoms with Crippen molar-refractivity contribution in [2.24, 2.45) is 22.5 Å². The Bertz CT molecular complexity index is 383. The SMILES string of the molecule is CCC(CC)(C(=O)N1CCCC(C(C)(C)C)CC1)C(N)=S. The monoisotopic (exact) mass is 312 g/mol. The highest BCUT2D eigenvalue weighted by atomic mass is 32.1. The van der Waals surface area contributed by atoms with Gasteiger partial charge in [-0.3, -0.25) is 4.79 Å². The van der Waals surface area contributed by atoms with E-state index in [1.165, 1.54) is 6.42 Å². The van der Waals surface area contributed by atoms with E-state index in [4.69, 9.17) is 18.0 Å². The highest BCUT2D eigenvalue weighted by Crippen LogP contribution is 2.36. The molecule has 1 amide bonds. The van der Waals surface area contributed by atoms with Crippen LogP contribution in [-0.4, -0.2) is 28.9 Å². The molecule has 21 heavy (non-hydrogen) atoms. The van der Waals surface area contributed by atoms with Gasteiger partial charge in [0.1, 0.15) is 0 Å². The third-order valence-electron chi connectivity index (χ3n) is 5.33. The van der Waals surface area contributed by atoms with Crippen molar-refractivity contribution in [1.29, 1.82) is 0 Å². The van der Waals surface area contributed by atoms with Gasteiger partial charge in [-0.15, -0.1) is 0 Å². The molecular formula is C17H32N2OS. The fourth-order valence-electron chi connectivity index (χ4n) is 3.47. The second-order valence-corrected chi connectivity index (χ2v) is 7.88. The van der Waals surface area contributed by atoms with Crippen LogP contribution in [0, 0.1) is 16.7 Å². The van der Waals surface area contributed by atoms with Crippen molar-refractivity contribution >= 4 is 23.1 Å². The van der Waals surface area contributed by atoms with Crippen molar-refractivity contribution in [3.63, 3.8) is 0 Å². The largest absolute Gasteiger partial charge is 0.392 e. The molecule has 2 N–H and O–H groups in total. The van der Waals surface area contributed by atoms with Gasteiger partial charge in [-0.25, -0.2) is 0 Å². The van der Waals surface area contributed by atoms with Crippen LogP contribution in [0.2, 0.25) is 0 Å². The van der Waals surface area contributed by atoms with Gasteiger partial charge in [0.25, 0.3) is 0 Å². The van der Waals surface area contributed by atoms with Crippen LogP contribution in [0.4, 0.5) is 0 Å². The molecule has 0 aromatic carbocycles. The van der Waals surface area contributed by atoms with Gasteiger partial charge in [0.05, 0.1) is 10.4 Å². The minimum Gasteiger partial charge on any atom is -0.392 e. The van der Waals surface area contributed by atoms with Crippen LogP contribution in [-0.2, 0) is 4.79 Å². The summed E-state index contributed by atoms with van der Waals surface area (Å²) in [4.78, 5) is 15.4. The Kier molecular flexibility index (Phi) is 6.21. The maximum atomic E-state index is 13.0. The molecular weight excluding hydrogens is 280 g/mol. The van der Waals surface area contributed by atoms with Gasteiger partial charge >= 0.3 is 0 Å². The molecule has 1 heterocycles. The quantitative estimate of drug-likeness (QED) is 0.804. The third-order valence-corrected chi connectivity index (χ3v) is 5.72. The van der Waals surface area contributed by atoms with E-state index in [1.807, 2.05) is 18.7 Å². The van der Waals surface area contributed by atoms with E-state index < -0.39 is 5.41 Å². The van der Waals surface area contributed by atoms with Crippen LogP contribution in [0.5, 0.6) is 0 Å². The van der Waals surface area contributed by atoms with Gasteiger partial charge in [-0.05, 0) is 43.4 Å². The Hall–Kier alpha value is -0.640. The number of thiocarbonyl (C=S) groups is 1. The predicted octanol–water partition coefficient (Wildman–Crippen LogP) is 3.75. The van der Waals surface area contributed by atoms with E-state index in [9.17, 15) is 4.79 Å². The molecule has 1 saturated heterocycles. The summed E-state index contributed by atoms with van der Waals surface area (Å²) < 4.78 is 0. The zero-order chi connectivity index (χ0) is 16.3. The Morgan fingerprint density at radius 2 is 1.76 bits per heavy atom. The molecule has 4 heteroatoms. The Balaban J connectivity index is 2.86. The molecule has 1 atom stereocenters. The Labute approximate surface area is 135 Å². The van der Waals surface area contributed by atoms with Crippen LogP contribution >= 0.6 is 12.2 Å². The van der Waals surface area contributed by atoms with E-state index in [0.29, 0.717) is 29.2 Å². The van der Waals surface area contributed by atoms with Crippen LogP contribution in [0.25, 0.3) is 0 Å². The van der Waals surface area contributed by atoms with Crippen molar-refractivity contribution in [3.8, 4) is 0 Å². The molecule has 0 radical (unpaired) electrons. The summed E-state index contributed by atoms with van der Waals surface area (Å²) in [7, 11) is 0. The first kappa shape index (κ1) is 18.4. The lowest BCUT2D eigenvalue weighted by atomic mass is 9.76. The molecule has 122 valence electrons. The molecule has 1 rings (SSSR count). The molecule has 0 spiro atoms. The normalized spacial score (nSPS) is 21.0. The number of hydrogen-bond donors (Lipinski definition) is 1. The van der Waals surface area contributed by atoms with E-state index in [0.717, 1.165) is 25.9 Å². The van der Waals surface area contributed by atoms with Gasteiger partial charge in [0, 0.05) is 13.1 Å². The average Bonchev–Trinajstić information content (AvgIpc) is 2.65. The van der Waals surface area contributed by atoms with E-state index in [-0.39, 0.29) is 5.91 Å². The lowest BCUT2D eigenvalue weighted by Gasteiger charge is -2.35. The highest BCUT2D eigenvalue weighted by Gasteiger charge is 2.41. The number of rotatable bonds is 4. The lowest BCUT2D eigenvalue weighted by molar-refractivity contribution is -0.138. The van der Waals surface area contributed by atoms with Gasteiger partial charge in [-0.1, -0.05) is 46.8 Å². The summed E-state index contributed by atoms with van der Waals surface area (Å²) in [6, 6.07) is 0. The summed E-state index contributed by atoms with van der Waals surface area (Å²) in [5.74, 6) is 0.826. The van der Waals surface area contributed by atoms with Crippen LogP contribution in [0.3, 0.4) is 0 Å². The summed E-state index contributed by atoms with van der Waals surface area (Å²) in [5.41, 5.74) is 5.59. The topological polar surface area (TPSA) is 46.3 Å². The number of nitrogens with two attached hydrogens (primary N) is 1. The van der Waals surface area contributed by atoms with Gasteiger partial charge < -0.3 is 10.6 Å². The lowest BCUT2D eigenvalue weighted by Crippen LogP contribution is -2.50. The second-order valence-electron chi connectivity index (χ2n) is 7.44. The minimum atomic E-state index is -0.642. The summed E-state index contributed by atoms with van der Waals surface area (Å²) in [6.45, 7) is 12.6. The molecule has 1 aliphatic rings. The standard InChI is InChI=1S/C17H32N2OS/c1-6-17(7-2,14(18)21)15(20)19-11-8-9-13(10-12-19)16(3,4)5/h13H,6-12H2,1-5H3,(H2,18,21). The maximum Gasteiger partial charge on any atom is 0.235 e. The molecule has 0 saturated carbocycles. The third kappa shape index (κ3) is 3.97. The van der Waals surface area contributed by atoms with E-state index in [1.54, 1.807) is 0 Å². The number of carbonyl (C=O) groups is 1. The van der Waals surface area contributed by atoms with Crippen molar-refractivity contribution in [2.45, 2.75) is 66.7 Å². The molecule has 0 bridgehead atoms. The molecule has 3 nitrogen and oxygen atoms in total. The molecule has 0 aromatic rings. The number of carbonyl (C=O) groups excluding carboxylic acids is 1. The summed E-state index contributed by atoms with van der Waals surface area (Å²) in [6.07, 6.45) is 4.74. The molecule has 1 fully saturated rings. The fraction of sp³-hybridized carbons (Fsp3) is 0.882. The number of hydrogen-bond acceptors (Lipinski definition) is 2. The van der Waals surface area contributed by atoms with Crippen molar-refractivity contribution in [2.75, 3.05) is 13.1 Å². The van der Waals surface area contributed by atoms with E-state index >= 15 is 0 Å². The number of nitrogens with zero attached hydrogens (tertiary/aromatic N) is 1. The van der Waals surface area contributed by atoms with Crippen molar-refractivity contribution < 1.29 is 4.79 Å². The number of likely N-dealkylation sites (tertiary alicyclic amines) is 1. The number of amides is 1. The van der Waals surface area contributed by atoms with Crippen molar-refractivity contribution in [3.05, 3.63) is 0 Å². The maximum absolute atomic E-state index is 13.0. The Morgan fingerprint density at radius 3 is 2.19 bits per heavy atom. The Morgan fingerprint density at radius 1 is 1.19 bits per heavy atom. The molecule has 1 unspecified atom stereocenters. The zero-order valence-corrected chi connectivity index (χ0v) is 15.2. The molecule has 0 aromatic heterocycles. The van der Waals surface area contributed by atoms with Crippen LogP contribution in [0.15, 0.2) is 0 Å². The second kappa shape index (κ2) is 7.08. The van der Waals surface area contributed by atoms with Crippen molar-refractivity contribution in [1.82, 2.24) is 4.90 Å². The molecule has 0 aliphatic carbocycles. The first-order valence-corrected chi connectivity index (χ1v) is 8.69. The van der Waals surface area contributed by atoms with E-state index in [2.05, 4.69) is 20.8 Å². The van der Waals surface area contributed by atoms with Crippen LogP contribution in [0.1, 0.15) is 66.7 Å². The average molecular weight is 313 g/mol. The van der Waals surface area contributed by atoms with Gasteiger partial charge in [0.2, 0.25) is 5.91 Å². The first-order valence-electron chi connectivity index (χ1n) is 8.28. The summed E-state index contributed by atoms with van der Waals surface area (Å²) in [5, 5.41) is 0. The highest BCUT2D eigenvalue weighted by molar-refractivity contribution is 7.80. The van der Waals surface area contributed by atoms with Gasteiger partial charge in [0.15, 0.2) is 0 Å². The minimum absolute atomic E-state index is 0.148. The predicted molar refractivity (Wildman–Crippen MR) is 93.2 cm³/mol. The molecule has 1 aliphatic heterocycles. The smallest absolute Gasteiger partial charge is 0.235 e. The van der Waals surface area contributed by atoms with Gasteiger partial charge in [-0.2, -0.15) is 0 Å². The summed E-state index contributed by atoms with van der Waals surface area (Å²) >= 11 is 5.22. The first-order chi connectivity index (χ1) is 9.69. The zero-order valence-electron chi connectivity index (χ0n) is 14.4. The fourth-order valence-corrected chi connectivity index (χ4v) is 3.85.